The average Bonchev–Trinajstić information content (AvgIpc) is 3.04. The van der Waals surface area contributed by atoms with Crippen LogP contribution in [0, 0.1) is 6.92 Å². The number of likely N-dealkylation sites (tertiary alicyclic amines) is 1. The van der Waals surface area contributed by atoms with Gasteiger partial charge >= 0.3 is 6.18 Å². The van der Waals surface area contributed by atoms with Gasteiger partial charge in [0.2, 0.25) is 0 Å². The van der Waals surface area contributed by atoms with Crippen molar-refractivity contribution in [3.8, 4) is 0 Å². The molecular formula is C16H17F3N2OS. The summed E-state index contributed by atoms with van der Waals surface area (Å²) in [6, 6.07) is 5.16. The highest BCUT2D eigenvalue weighted by molar-refractivity contribution is 7.11. The number of nitrogens with zero attached hydrogens (tertiary/aromatic N) is 2. The van der Waals surface area contributed by atoms with Crippen molar-refractivity contribution in [1.29, 1.82) is 0 Å². The fourth-order valence-corrected chi connectivity index (χ4v) is 3.79. The number of rotatable bonds is 3. The number of halogens is 3. The molecule has 2 atom stereocenters. The van der Waals surface area contributed by atoms with E-state index >= 15 is 0 Å². The lowest BCUT2D eigenvalue weighted by atomic mass is 10.0. The van der Waals surface area contributed by atoms with Crippen LogP contribution in [0.4, 0.5) is 13.2 Å². The van der Waals surface area contributed by atoms with Gasteiger partial charge in [0, 0.05) is 30.2 Å². The predicted octanol–water partition coefficient (Wildman–Crippen LogP) is 3.78. The van der Waals surface area contributed by atoms with Gasteiger partial charge in [-0.25, -0.2) is 4.98 Å². The lowest BCUT2D eigenvalue weighted by molar-refractivity contribution is -0.137. The van der Waals surface area contributed by atoms with Crippen LogP contribution in [0.3, 0.4) is 0 Å². The molecule has 1 aliphatic heterocycles. The van der Waals surface area contributed by atoms with Crippen LogP contribution in [0.2, 0.25) is 0 Å². The van der Waals surface area contributed by atoms with Gasteiger partial charge in [0.15, 0.2) is 0 Å². The van der Waals surface area contributed by atoms with Crippen LogP contribution < -0.4 is 0 Å². The van der Waals surface area contributed by atoms with Crippen LogP contribution in [0.1, 0.15) is 33.5 Å². The Labute approximate surface area is 136 Å². The minimum absolute atomic E-state index is 0.0744. The maximum atomic E-state index is 12.7. The molecule has 2 unspecified atom stereocenters. The molecule has 23 heavy (non-hydrogen) atoms. The Bertz CT molecular complexity index is 669. The summed E-state index contributed by atoms with van der Waals surface area (Å²) in [7, 11) is 0. The number of β-amino-alcohol motifs (C(OH)–C–C–N with tert-alkyl or cyclic N) is 1. The highest BCUT2D eigenvalue weighted by Crippen LogP contribution is 2.36. The third kappa shape index (κ3) is 3.73. The summed E-state index contributed by atoms with van der Waals surface area (Å²) >= 11 is 1.60. The van der Waals surface area contributed by atoms with E-state index in [0.717, 1.165) is 27.6 Å². The predicted molar refractivity (Wildman–Crippen MR) is 82.1 cm³/mol. The van der Waals surface area contributed by atoms with Crippen molar-refractivity contribution in [2.75, 3.05) is 6.54 Å². The minimum Gasteiger partial charge on any atom is -0.392 e. The number of aliphatic hydroxyl groups is 1. The lowest BCUT2D eigenvalue weighted by Gasteiger charge is -2.24. The third-order valence-electron chi connectivity index (χ3n) is 4.03. The molecule has 2 heterocycles. The van der Waals surface area contributed by atoms with Crippen molar-refractivity contribution in [3.63, 3.8) is 0 Å². The van der Waals surface area contributed by atoms with Crippen molar-refractivity contribution in [2.24, 2.45) is 0 Å². The second-order valence-corrected chi connectivity index (χ2v) is 7.12. The van der Waals surface area contributed by atoms with E-state index < -0.39 is 17.8 Å². The van der Waals surface area contributed by atoms with Gasteiger partial charge in [0.25, 0.3) is 0 Å². The summed E-state index contributed by atoms with van der Waals surface area (Å²) < 4.78 is 38.0. The Morgan fingerprint density at radius 1 is 1.30 bits per heavy atom. The summed E-state index contributed by atoms with van der Waals surface area (Å²) in [4.78, 5) is 7.41. The van der Waals surface area contributed by atoms with E-state index in [1.165, 1.54) is 12.1 Å². The van der Waals surface area contributed by atoms with Gasteiger partial charge in [-0.3, -0.25) is 4.90 Å². The van der Waals surface area contributed by atoms with Crippen LogP contribution in [0.5, 0.6) is 0 Å². The first-order valence-electron chi connectivity index (χ1n) is 7.33. The SMILES string of the molecule is Cc1ncc(CN2CC(O)CC2c2ccc(C(F)(F)F)cc2)s1. The van der Waals surface area contributed by atoms with Crippen LogP contribution in [0.15, 0.2) is 30.5 Å². The molecule has 1 fully saturated rings. The zero-order chi connectivity index (χ0) is 16.6. The Kier molecular flexibility index (Phi) is 4.44. The van der Waals surface area contributed by atoms with Crippen LogP contribution in [-0.2, 0) is 12.7 Å². The first-order chi connectivity index (χ1) is 10.8. The molecule has 0 spiro atoms. The standard InChI is InChI=1S/C16H17F3N2OS/c1-10-20-7-14(23-10)9-21-8-13(22)6-15(21)11-2-4-12(5-3-11)16(17,18)19/h2-5,7,13,15,22H,6,8-9H2,1H3. The second-order valence-electron chi connectivity index (χ2n) is 5.80. The number of alkyl halides is 3. The van der Waals surface area contributed by atoms with Crippen molar-refractivity contribution in [1.82, 2.24) is 9.88 Å². The molecule has 1 saturated heterocycles. The van der Waals surface area contributed by atoms with E-state index in [2.05, 4.69) is 9.88 Å². The second kappa shape index (κ2) is 6.22. The number of aryl methyl sites for hydroxylation is 1. The number of aliphatic hydroxyl groups excluding tert-OH is 1. The fourth-order valence-electron chi connectivity index (χ4n) is 2.97. The number of hydrogen-bond acceptors (Lipinski definition) is 4. The Morgan fingerprint density at radius 3 is 2.57 bits per heavy atom. The number of thiazole rings is 1. The van der Waals surface area contributed by atoms with Crippen molar-refractivity contribution in [2.45, 2.75) is 38.2 Å². The molecule has 7 heteroatoms. The van der Waals surface area contributed by atoms with E-state index in [-0.39, 0.29) is 6.04 Å². The van der Waals surface area contributed by atoms with Crippen LogP contribution in [0.25, 0.3) is 0 Å². The summed E-state index contributed by atoms with van der Waals surface area (Å²) in [5, 5.41) is 10.9. The van der Waals surface area contributed by atoms with Crippen LogP contribution in [-0.4, -0.2) is 27.6 Å². The van der Waals surface area contributed by atoms with E-state index in [1.54, 1.807) is 11.3 Å². The molecule has 1 aromatic carbocycles. The first-order valence-corrected chi connectivity index (χ1v) is 8.15. The summed E-state index contributed by atoms with van der Waals surface area (Å²) in [5.41, 5.74) is 0.153. The van der Waals surface area contributed by atoms with Crippen molar-refractivity contribution in [3.05, 3.63) is 51.5 Å². The lowest BCUT2D eigenvalue weighted by Crippen LogP contribution is -2.24. The fraction of sp³-hybridized carbons (Fsp3) is 0.438. The molecular weight excluding hydrogens is 325 g/mol. The van der Waals surface area contributed by atoms with E-state index in [4.69, 9.17) is 0 Å². The Balaban J connectivity index is 1.79. The normalized spacial score (nSPS) is 22.7. The summed E-state index contributed by atoms with van der Waals surface area (Å²) in [5.74, 6) is 0. The first kappa shape index (κ1) is 16.4. The maximum absolute atomic E-state index is 12.7. The Morgan fingerprint density at radius 2 is 2.00 bits per heavy atom. The quantitative estimate of drug-likeness (QED) is 0.922. The van der Waals surface area contributed by atoms with Gasteiger partial charge in [0.05, 0.1) is 16.7 Å². The van der Waals surface area contributed by atoms with Crippen molar-refractivity contribution >= 4 is 11.3 Å². The largest absolute Gasteiger partial charge is 0.416 e. The topological polar surface area (TPSA) is 36.4 Å². The molecule has 0 amide bonds. The molecule has 0 bridgehead atoms. The third-order valence-corrected chi connectivity index (χ3v) is 4.93. The van der Waals surface area contributed by atoms with Gasteiger partial charge < -0.3 is 5.11 Å². The number of aromatic nitrogens is 1. The van der Waals surface area contributed by atoms with Gasteiger partial charge in [-0.05, 0) is 31.0 Å². The minimum atomic E-state index is -4.33. The van der Waals surface area contributed by atoms with E-state index in [0.29, 0.717) is 19.5 Å². The van der Waals surface area contributed by atoms with E-state index in [9.17, 15) is 18.3 Å². The molecule has 124 valence electrons. The molecule has 0 aliphatic carbocycles. The monoisotopic (exact) mass is 342 g/mol. The molecule has 3 rings (SSSR count). The molecule has 0 saturated carbocycles. The molecule has 1 N–H and O–H groups in total. The molecule has 2 aromatic rings. The van der Waals surface area contributed by atoms with Gasteiger partial charge in [-0.2, -0.15) is 13.2 Å². The number of benzene rings is 1. The van der Waals surface area contributed by atoms with Gasteiger partial charge in [-0.15, -0.1) is 11.3 Å². The zero-order valence-corrected chi connectivity index (χ0v) is 13.4. The molecule has 0 radical (unpaired) electrons. The molecule has 3 nitrogen and oxygen atoms in total. The van der Waals surface area contributed by atoms with Gasteiger partial charge in [-0.1, -0.05) is 12.1 Å². The average molecular weight is 342 g/mol. The molecule has 1 aliphatic rings. The summed E-state index contributed by atoms with van der Waals surface area (Å²) in [6.45, 7) is 3.09. The Hall–Kier alpha value is -1.44. The zero-order valence-electron chi connectivity index (χ0n) is 12.5. The number of hydrogen-bond donors (Lipinski definition) is 1. The highest BCUT2D eigenvalue weighted by Gasteiger charge is 2.34. The van der Waals surface area contributed by atoms with Gasteiger partial charge in [0.1, 0.15) is 0 Å². The molecule has 1 aromatic heterocycles. The van der Waals surface area contributed by atoms with E-state index in [1.807, 2.05) is 13.1 Å². The van der Waals surface area contributed by atoms with Crippen molar-refractivity contribution < 1.29 is 18.3 Å². The summed E-state index contributed by atoms with van der Waals surface area (Å²) in [6.07, 6.45) is -2.44. The maximum Gasteiger partial charge on any atom is 0.416 e. The smallest absolute Gasteiger partial charge is 0.392 e. The highest BCUT2D eigenvalue weighted by atomic mass is 32.1. The van der Waals surface area contributed by atoms with Crippen LogP contribution >= 0.6 is 11.3 Å².